The van der Waals surface area contributed by atoms with Crippen LogP contribution in [-0.4, -0.2) is 27.0 Å². The summed E-state index contributed by atoms with van der Waals surface area (Å²) in [4.78, 5) is 32.4. The van der Waals surface area contributed by atoms with E-state index in [0.29, 0.717) is 0 Å². The maximum absolute atomic E-state index is 12.5. The maximum atomic E-state index is 12.5. The highest BCUT2D eigenvalue weighted by Crippen LogP contribution is 2.47. The van der Waals surface area contributed by atoms with Crippen LogP contribution in [0.15, 0.2) is 36.4 Å². The minimum absolute atomic E-state index is 0.0109. The van der Waals surface area contributed by atoms with Crippen molar-refractivity contribution in [3.8, 4) is 0 Å². The molecule has 3 aromatic rings. The Morgan fingerprint density at radius 3 is 2.84 bits per heavy atom. The van der Waals surface area contributed by atoms with E-state index in [9.17, 15) is 9.59 Å². The molecule has 6 nitrogen and oxygen atoms in total. The molecule has 3 atom stereocenters. The van der Waals surface area contributed by atoms with E-state index >= 15 is 0 Å². The zero-order chi connectivity index (χ0) is 17.6. The number of thiophene rings is 1. The number of carboxylic acid groups (broad SMARTS) is 1. The number of benzene rings is 1. The lowest BCUT2D eigenvalue weighted by atomic mass is 10.2. The van der Waals surface area contributed by atoms with E-state index in [1.165, 1.54) is 11.3 Å². The van der Waals surface area contributed by atoms with E-state index in [0.717, 1.165) is 28.2 Å². The van der Waals surface area contributed by atoms with Crippen LogP contribution in [0.3, 0.4) is 0 Å². The molecule has 2 aromatic heterocycles. The standard InChI is InChI=1S/C18H17N3O3S/c1-9(14-6-7-15(25-14)18(23)24)19-17(22)11-8-10(11)16-20-12-4-2-3-5-13(12)21-16/h2-7,9-11H,8H2,1H3,(H,19,22)(H,20,21)(H,23,24)/t9-,10-,11-/m1/s1. The lowest BCUT2D eigenvalue weighted by Crippen LogP contribution is -2.28. The number of aromatic nitrogens is 2. The smallest absolute Gasteiger partial charge is 0.345 e. The molecule has 1 saturated carbocycles. The summed E-state index contributed by atoms with van der Waals surface area (Å²) in [5, 5.41) is 12.0. The van der Waals surface area contributed by atoms with E-state index in [2.05, 4.69) is 15.3 Å². The highest BCUT2D eigenvalue weighted by molar-refractivity contribution is 7.14. The van der Waals surface area contributed by atoms with Crippen LogP contribution in [0, 0.1) is 5.92 Å². The zero-order valence-corrected chi connectivity index (χ0v) is 14.3. The van der Waals surface area contributed by atoms with Crippen molar-refractivity contribution in [2.45, 2.75) is 25.3 Å². The average Bonchev–Trinajstić information content (AvgIpc) is 3.05. The molecule has 0 saturated heterocycles. The number of nitrogens with one attached hydrogen (secondary N) is 2. The van der Waals surface area contributed by atoms with Crippen LogP contribution in [0.25, 0.3) is 11.0 Å². The van der Waals surface area contributed by atoms with Crippen LogP contribution in [0.1, 0.15) is 45.7 Å². The Morgan fingerprint density at radius 2 is 2.12 bits per heavy atom. The highest BCUT2D eigenvalue weighted by Gasteiger charge is 2.46. The number of carbonyl (C=O) groups is 2. The van der Waals surface area contributed by atoms with Gasteiger partial charge >= 0.3 is 5.97 Å². The molecule has 0 bridgehead atoms. The Hall–Kier alpha value is -2.67. The second-order valence-electron chi connectivity index (χ2n) is 6.33. The van der Waals surface area contributed by atoms with Gasteiger partial charge in [-0.3, -0.25) is 4.79 Å². The van der Waals surface area contributed by atoms with Gasteiger partial charge in [0.15, 0.2) is 0 Å². The summed E-state index contributed by atoms with van der Waals surface area (Å²) in [6.07, 6.45) is 0.781. The number of hydrogen-bond acceptors (Lipinski definition) is 4. The molecule has 0 spiro atoms. The Labute approximate surface area is 147 Å². The molecule has 1 aliphatic carbocycles. The molecule has 7 heteroatoms. The summed E-state index contributed by atoms with van der Waals surface area (Å²) < 4.78 is 0. The number of aromatic amines is 1. The Balaban J connectivity index is 1.41. The second kappa shape index (κ2) is 6.00. The van der Waals surface area contributed by atoms with Gasteiger partial charge in [0.05, 0.1) is 17.1 Å². The van der Waals surface area contributed by atoms with Crippen molar-refractivity contribution in [2.24, 2.45) is 5.92 Å². The number of carbonyl (C=O) groups excluding carboxylic acids is 1. The van der Waals surface area contributed by atoms with Crippen LogP contribution in [0.5, 0.6) is 0 Å². The van der Waals surface area contributed by atoms with Crippen molar-refractivity contribution in [3.63, 3.8) is 0 Å². The molecular formula is C18H17N3O3S. The first-order valence-electron chi connectivity index (χ1n) is 8.11. The van der Waals surface area contributed by atoms with Gasteiger partial charge in [-0.1, -0.05) is 12.1 Å². The molecule has 3 N–H and O–H groups in total. The fourth-order valence-electron chi connectivity index (χ4n) is 3.03. The topological polar surface area (TPSA) is 95.1 Å². The van der Waals surface area contributed by atoms with Crippen LogP contribution >= 0.6 is 11.3 Å². The maximum Gasteiger partial charge on any atom is 0.345 e. The van der Waals surface area contributed by atoms with Crippen molar-refractivity contribution in [2.75, 3.05) is 0 Å². The number of hydrogen-bond donors (Lipinski definition) is 3. The lowest BCUT2D eigenvalue weighted by Gasteiger charge is -2.11. The van der Waals surface area contributed by atoms with Crippen LogP contribution in [-0.2, 0) is 4.79 Å². The monoisotopic (exact) mass is 355 g/mol. The summed E-state index contributed by atoms with van der Waals surface area (Å²) in [5.41, 5.74) is 1.90. The average molecular weight is 355 g/mol. The lowest BCUT2D eigenvalue weighted by molar-refractivity contribution is -0.123. The van der Waals surface area contributed by atoms with Crippen molar-refractivity contribution in [1.82, 2.24) is 15.3 Å². The molecule has 4 rings (SSSR count). The first-order valence-corrected chi connectivity index (χ1v) is 8.92. The van der Waals surface area contributed by atoms with E-state index in [-0.39, 0.29) is 28.7 Å². The number of carboxylic acids is 1. The fourth-order valence-corrected chi connectivity index (χ4v) is 3.88. The van der Waals surface area contributed by atoms with Crippen LogP contribution < -0.4 is 5.32 Å². The van der Waals surface area contributed by atoms with E-state index < -0.39 is 5.97 Å². The quantitative estimate of drug-likeness (QED) is 0.654. The molecule has 25 heavy (non-hydrogen) atoms. The van der Waals surface area contributed by atoms with Crippen LogP contribution in [0.2, 0.25) is 0 Å². The first kappa shape index (κ1) is 15.8. The molecule has 128 valence electrons. The first-order chi connectivity index (χ1) is 12.0. The zero-order valence-electron chi connectivity index (χ0n) is 13.5. The minimum Gasteiger partial charge on any atom is -0.477 e. The molecule has 1 aromatic carbocycles. The third-order valence-electron chi connectivity index (χ3n) is 4.51. The number of fused-ring (bicyclic) bond motifs is 1. The van der Waals surface area contributed by atoms with Gasteiger partial charge in [0.1, 0.15) is 10.7 Å². The van der Waals surface area contributed by atoms with Gasteiger partial charge in [-0.25, -0.2) is 9.78 Å². The summed E-state index contributed by atoms with van der Waals surface area (Å²) in [6, 6.07) is 10.9. The number of nitrogens with zero attached hydrogens (tertiary/aromatic N) is 1. The number of amides is 1. The number of imidazole rings is 1. The van der Waals surface area contributed by atoms with Gasteiger partial charge in [0.25, 0.3) is 0 Å². The van der Waals surface area contributed by atoms with Gasteiger partial charge in [0.2, 0.25) is 5.91 Å². The molecule has 0 radical (unpaired) electrons. The van der Waals surface area contributed by atoms with Gasteiger partial charge in [-0.15, -0.1) is 11.3 Å². The van der Waals surface area contributed by atoms with E-state index in [1.807, 2.05) is 31.2 Å². The third kappa shape index (κ3) is 3.02. The Morgan fingerprint density at radius 1 is 1.32 bits per heavy atom. The van der Waals surface area contributed by atoms with Crippen molar-refractivity contribution in [3.05, 3.63) is 52.0 Å². The largest absolute Gasteiger partial charge is 0.477 e. The van der Waals surface area contributed by atoms with Gasteiger partial charge in [-0.05, 0) is 37.6 Å². The number of aromatic carboxylic acids is 1. The second-order valence-corrected chi connectivity index (χ2v) is 7.44. The summed E-state index contributed by atoms with van der Waals surface area (Å²) in [5.74, 6) is -0.0529. The van der Waals surface area contributed by atoms with Crippen LogP contribution in [0.4, 0.5) is 0 Å². The predicted octanol–water partition coefficient (Wildman–Crippen LogP) is 3.30. The molecule has 0 unspecified atom stereocenters. The summed E-state index contributed by atoms with van der Waals surface area (Å²) in [7, 11) is 0. The summed E-state index contributed by atoms with van der Waals surface area (Å²) in [6.45, 7) is 1.87. The SMILES string of the molecule is C[C@@H](NC(=O)[C@@H]1C[C@H]1c1nc2ccccc2[nH]1)c1ccc(C(=O)O)s1. The van der Waals surface area contributed by atoms with Gasteiger partial charge in [-0.2, -0.15) is 0 Å². The molecule has 1 aliphatic rings. The molecular weight excluding hydrogens is 338 g/mol. The van der Waals surface area contributed by atoms with Gasteiger partial charge in [0, 0.05) is 16.7 Å². The minimum atomic E-state index is -0.943. The van der Waals surface area contributed by atoms with Crippen molar-refractivity contribution >= 4 is 34.2 Å². The van der Waals surface area contributed by atoms with Crippen molar-refractivity contribution in [1.29, 1.82) is 0 Å². The highest BCUT2D eigenvalue weighted by atomic mass is 32.1. The van der Waals surface area contributed by atoms with E-state index in [1.54, 1.807) is 12.1 Å². The number of H-pyrrole nitrogens is 1. The molecule has 1 amide bonds. The molecule has 1 fully saturated rings. The normalized spacial score (nSPS) is 20.4. The van der Waals surface area contributed by atoms with E-state index in [4.69, 9.17) is 5.11 Å². The third-order valence-corrected chi connectivity index (χ3v) is 5.77. The Bertz CT molecular complexity index is 928. The van der Waals surface area contributed by atoms with Crippen molar-refractivity contribution < 1.29 is 14.7 Å². The van der Waals surface area contributed by atoms with Gasteiger partial charge < -0.3 is 15.4 Å². The fraction of sp³-hybridized carbons (Fsp3) is 0.278. The molecule has 2 heterocycles. The predicted molar refractivity (Wildman–Crippen MR) is 94.8 cm³/mol. The Kier molecular flexibility index (Phi) is 3.80. The number of rotatable bonds is 5. The summed E-state index contributed by atoms with van der Waals surface area (Å²) >= 11 is 1.19. The molecule has 0 aliphatic heterocycles. The number of para-hydroxylation sites is 2.